The number of nitrogens with one attached hydrogen (secondary N) is 1. The number of hydrogen-bond donors (Lipinski definition) is 1. The Morgan fingerprint density at radius 3 is 2.25 bits per heavy atom. The molecule has 5 heteroatoms. The number of halogens is 1. The second-order valence-corrected chi connectivity index (χ2v) is 8.03. The molecule has 0 saturated carbocycles. The van der Waals surface area contributed by atoms with Crippen LogP contribution in [0.4, 0.5) is 0 Å². The van der Waals surface area contributed by atoms with Crippen molar-refractivity contribution < 1.29 is 6.22 Å². The summed E-state index contributed by atoms with van der Waals surface area (Å²) in [6.07, 6.45) is 0.786. The van der Waals surface area contributed by atoms with Crippen molar-refractivity contribution in [2.45, 2.75) is 32.9 Å². The van der Waals surface area contributed by atoms with E-state index >= 15 is 0 Å². The maximum Gasteiger partial charge on any atom is 0.270 e. The van der Waals surface area contributed by atoms with Gasteiger partial charge in [-0.2, -0.15) is 0 Å². The van der Waals surface area contributed by atoms with Crippen molar-refractivity contribution in [2.75, 3.05) is 0 Å². The van der Waals surface area contributed by atoms with Crippen LogP contribution in [0.1, 0.15) is 43.8 Å². The SMILES string of the molecule is CC[C@H](NC(=O)c1c(-c2cccc(Cl)c2)nc(-c2ccccc2)n1CC)c1ccccc1.[HH]. The predicted octanol–water partition coefficient (Wildman–Crippen LogP) is 7.02. The molecule has 1 heterocycles. The third-order valence-corrected chi connectivity index (χ3v) is 5.78. The Balaban J connectivity index is 0.00000306. The van der Waals surface area contributed by atoms with Crippen molar-refractivity contribution in [3.63, 3.8) is 0 Å². The minimum atomic E-state index is -0.146. The van der Waals surface area contributed by atoms with Crippen LogP contribution in [0.25, 0.3) is 22.6 Å². The molecule has 0 unspecified atom stereocenters. The Bertz CT molecular complexity index is 1210. The van der Waals surface area contributed by atoms with Crippen LogP contribution in [0.15, 0.2) is 84.9 Å². The van der Waals surface area contributed by atoms with E-state index in [-0.39, 0.29) is 13.4 Å². The average Bonchev–Trinajstić information content (AvgIpc) is 3.23. The van der Waals surface area contributed by atoms with E-state index in [1.165, 1.54) is 0 Å². The van der Waals surface area contributed by atoms with Gasteiger partial charge in [0.1, 0.15) is 17.2 Å². The molecule has 1 N–H and O–H groups in total. The average molecular weight is 446 g/mol. The Morgan fingerprint density at radius 1 is 0.969 bits per heavy atom. The molecule has 3 aromatic carbocycles. The highest BCUT2D eigenvalue weighted by molar-refractivity contribution is 6.30. The fraction of sp³-hybridized carbons (Fsp3) is 0.185. The fourth-order valence-corrected chi connectivity index (χ4v) is 4.16. The van der Waals surface area contributed by atoms with Gasteiger partial charge in [0.15, 0.2) is 0 Å². The van der Waals surface area contributed by atoms with Crippen molar-refractivity contribution >= 4 is 17.5 Å². The molecule has 4 rings (SSSR count). The highest BCUT2D eigenvalue weighted by atomic mass is 35.5. The zero-order chi connectivity index (χ0) is 22.5. The summed E-state index contributed by atoms with van der Waals surface area (Å²) in [4.78, 5) is 18.6. The van der Waals surface area contributed by atoms with Crippen LogP contribution in [-0.4, -0.2) is 15.5 Å². The van der Waals surface area contributed by atoms with Gasteiger partial charge in [-0.15, -0.1) is 0 Å². The lowest BCUT2D eigenvalue weighted by Crippen LogP contribution is -2.30. The number of amides is 1. The molecule has 4 nitrogen and oxygen atoms in total. The summed E-state index contributed by atoms with van der Waals surface area (Å²) in [6, 6.07) is 27.4. The van der Waals surface area contributed by atoms with Crippen LogP contribution in [0.5, 0.6) is 0 Å². The molecule has 4 aromatic rings. The molecule has 0 aliphatic rings. The molecular weight excluding hydrogens is 418 g/mol. The Hall–Kier alpha value is -3.37. The number of imidazole rings is 1. The first-order chi connectivity index (χ1) is 15.6. The first-order valence-electron chi connectivity index (χ1n) is 10.9. The highest BCUT2D eigenvalue weighted by Gasteiger charge is 2.26. The summed E-state index contributed by atoms with van der Waals surface area (Å²) in [7, 11) is 0. The van der Waals surface area contributed by atoms with Crippen molar-refractivity contribution in [1.82, 2.24) is 14.9 Å². The fourth-order valence-electron chi connectivity index (χ4n) is 3.97. The molecule has 0 radical (unpaired) electrons. The van der Waals surface area contributed by atoms with E-state index < -0.39 is 0 Å². The molecule has 164 valence electrons. The lowest BCUT2D eigenvalue weighted by molar-refractivity contribution is 0.0927. The number of hydrogen-bond acceptors (Lipinski definition) is 2. The van der Waals surface area contributed by atoms with Gasteiger partial charge in [-0.1, -0.05) is 91.3 Å². The van der Waals surface area contributed by atoms with Gasteiger partial charge in [-0.25, -0.2) is 4.98 Å². The van der Waals surface area contributed by atoms with Crippen molar-refractivity contribution in [3.8, 4) is 22.6 Å². The third-order valence-electron chi connectivity index (χ3n) is 5.54. The van der Waals surface area contributed by atoms with Crippen LogP contribution in [0.2, 0.25) is 5.02 Å². The molecule has 0 fully saturated rings. The first-order valence-corrected chi connectivity index (χ1v) is 11.3. The third kappa shape index (κ3) is 4.46. The topological polar surface area (TPSA) is 46.9 Å². The molecule has 1 atom stereocenters. The van der Waals surface area contributed by atoms with E-state index in [1.54, 1.807) is 0 Å². The molecular formula is C27H28ClN3O. The van der Waals surface area contributed by atoms with E-state index in [0.717, 1.165) is 28.9 Å². The maximum absolute atomic E-state index is 13.7. The summed E-state index contributed by atoms with van der Waals surface area (Å²) >= 11 is 6.28. The van der Waals surface area contributed by atoms with Gasteiger partial charge in [0, 0.05) is 24.1 Å². The van der Waals surface area contributed by atoms with E-state index in [4.69, 9.17) is 16.6 Å². The number of aromatic nitrogens is 2. The standard InChI is InChI=1S/C27H26ClN3O.H2/c1-3-23(19-12-7-5-8-13-19)29-27(32)25-24(21-16-11-17-22(28)18-21)30-26(31(25)4-2)20-14-9-6-10-15-20;/h5-18,23H,3-4H2,1-2H3,(H,29,32);1H/t23-;/m0./s1. The Kier molecular flexibility index (Phi) is 6.72. The number of rotatable bonds is 7. The number of carbonyl (C=O) groups excluding carboxylic acids is 1. The molecule has 0 aliphatic heterocycles. The van der Waals surface area contributed by atoms with E-state index in [0.29, 0.717) is 23.0 Å². The Labute approximate surface area is 195 Å². The highest BCUT2D eigenvalue weighted by Crippen LogP contribution is 2.31. The summed E-state index contributed by atoms with van der Waals surface area (Å²) in [6.45, 7) is 4.71. The largest absolute Gasteiger partial charge is 0.344 e. The molecule has 1 aromatic heterocycles. The summed E-state index contributed by atoms with van der Waals surface area (Å²) in [5.41, 5.74) is 4.04. The van der Waals surface area contributed by atoms with Crippen molar-refractivity contribution in [1.29, 1.82) is 0 Å². The van der Waals surface area contributed by atoms with Crippen LogP contribution < -0.4 is 5.32 Å². The predicted molar refractivity (Wildman–Crippen MR) is 133 cm³/mol. The quantitative estimate of drug-likeness (QED) is 0.332. The lowest BCUT2D eigenvalue weighted by atomic mass is 10.0. The van der Waals surface area contributed by atoms with Gasteiger partial charge >= 0.3 is 0 Å². The number of carbonyl (C=O) groups is 1. The molecule has 0 aliphatic carbocycles. The second kappa shape index (κ2) is 9.84. The Morgan fingerprint density at radius 2 is 1.62 bits per heavy atom. The molecule has 0 spiro atoms. The van der Waals surface area contributed by atoms with E-state index in [1.807, 2.05) is 96.4 Å². The second-order valence-electron chi connectivity index (χ2n) is 7.60. The van der Waals surface area contributed by atoms with Crippen LogP contribution >= 0.6 is 11.6 Å². The maximum atomic E-state index is 13.7. The normalized spacial score (nSPS) is 11.8. The monoisotopic (exact) mass is 445 g/mol. The zero-order valence-electron chi connectivity index (χ0n) is 18.3. The van der Waals surface area contributed by atoms with Gasteiger partial charge in [-0.3, -0.25) is 4.79 Å². The molecule has 0 saturated heterocycles. The summed E-state index contributed by atoms with van der Waals surface area (Å²) in [5, 5.41) is 3.84. The molecule has 32 heavy (non-hydrogen) atoms. The first kappa shape index (κ1) is 21.8. The van der Waals surface area contributed by atoms with Gasteiger partial charge < -0.3 is 9.88 Å². The van der Waals surface area contributed by atoms with Gasteiger partial charge in [-0.05, 0) is 31.0 Å². The van der Waals surface area contributed by atoms with Gasteiger partial charge in [0.2, 0.25) is 0 Å². The minimum Gasteiger partial charge on any atom is -0.344 e. The lowest BCUT2D eigenvalue weighted by Gasteiger charge is -2.19. The van der Waals surface area contributed by atoms with Crippen molar-refractivity contribution in [2.24, 2.45) is 0 Å². The van der Waals surface area contributed by atoms with Gasteiger partial charge in [0.05, 0.1) is 6.04 Å². The smallest absolute Gasteiger partial charge is 0.270 e. The van der Waals surface area contributed by atoms with Crippen LogP contribution in [0.3, 0.4) is 0 Å². The molecule has 1 amide bonds. The van der Waals surface area contributed by atoms with Gasteiger partial charge in [0.25, 0.3) is 5.91 Å². The summed E-state index contributed by atoms with van der Waals surface area (Å²) in [5.74, 6) is 0.619. The van der Waals surface area contributed by atoms with Crippen molar-refractivity contribution in [3.05, 3.63) is 101 Å². The minimum absolute atomic E-state index is 0. The molecule has 0 bridgehead atoms. The number of nitrogens with zero attached hydrogens (tertiary/aromatic N) is 2. The van der Waals surface area contributed by atoms with E-state index in [9.17, 15) is 4.79 Å². The summed E-state index contributed by atoms with van der Waals surface area (Å²) < 4.78 is 1.98. The van der Waals surface area contributed by atoms with Crippen LogP contribution in [-0.2, 0) is 6.54 Å². The van der Waals surface area contributed by atoms with Crippen LogP contribution in [0, 0.1) is 0 Å². The number of benzene rings is 3. The van der Waals surface area contributed by atoms with E-state index in [2.05, 4.69) is 12.2 Å². The zero-order valence-corrected chi connectivity index (χ0v) is 19.0.